The standard InChI is InChI=1S/C22H20F3N3O/c23-22(24,25)29-17-3-4-20-18(12-17)19-14-27-9-6-16(7-10-27)21(19)28(20)11-5-15-2-1-8-26-13-15/h1-5,8,11-13,16H,6-7,9-10,14H2. The van der Waals surface area contributed by atoms with Gasteiger partial charge in [-0.3, -0.25) is 9.88 Å². The molecule has 1 saturated heterocycles. The molecule has 4 nitrogen and oxygen atoms in total. The molecule has 2 aromatic heterocycles. The highest BCUT2D eigenvalue weighted by Crippen LogP contribution is 2.42. The van der Waals surface area contributed by atoms with Gasteiger partial charge in [0, 0.05) is 42.1 Å². The van der Waals surface area contributed by atoms with Gasteiger partial charge < -0.3 is 9.30 Å². The van der Waals surface area contributed by atoms with Crippen molar-refractivity contribution in [2.45, 2.75) is 31.7 Å². The van der Waals surface area contributed by atoms with Crippen LogP contribution in [0.25, 0.3) is 23.2 Å². The van der Waals surface area contributed by atoms with Crippen LogP contribution in [-0.2, 0) is 6.54 Å². The second-order valence-corrected chi connectivity index (χ2v) is 7.61. The van der Waals surface area contributed by atoms with Gasteiger partial charge in [0.2, 0.25) is 0 Å². The molecule has 0 spiro atoms. The normalized spacial score (nSPS) is 21.5. The van der Waals surface area contributed by atoms with E-state index in [1.807, 2.05) is 24.4 Å². The summed E-state index contributed by atoms with van der Waals surface area (Å²) in [5, 5.41) is 0.830. The maximum atomic E-state index is 12.7. The van der Waals surface area contributed by atoms with Gasteiger partial charge in [-0.2, -0.15) is 0 Å². The molecule has 0 amide bonds. The van der Waals surface area contributed by atoms with Gasteiger partial charge in [-0.25, -0.2) is 0 Å². The summed E-state index contributed by atoms with van der Waals surface area (Å²) in [7, 11) is 0. The van der Waals surface area contributed by atoms with E-state index in [1.54, 1.807) is 18.5 Å². The Bertz CT molecular complexity index is 1060. The van der Waals surface area contributed by atoms with Gasteiger partial charge in [0.1, 0.15) is 5.75 Å². The quantitative estimate of drug-likeness (QED) is 0.602. The Morgan fingerprint density at radius 3 is 2.69 bits per heavy atom. The van der Waals surface area contributed by atoms with Crippen molar-refractivity contribution in [3.05, 3.63) is 59.5 Å². The number of ether oxygens (including phenoxy) is 1. The summed E-state index contributed by atoms with van der Waals surface area (Å²) >= 11 is 0. The number of fused-ring (bicyclic) bond motifs is 3. The molecule has 0 N–H and O–H groups in total. The minimum absolute atomic E-state index is 0.173. The van der Waals surface area contributed by atoms with Crippen molar-refractivity contribution in [3.8, 4) is 5.75 Å². The number of alkyl halides is 3. The molecule has 2 bridgehead atoms. The molecule has 5 heterocycles. The number of hydrogen-bond acceptors (Lipinski definition) is 3. The Morgan fingerprint density at radius 2 is 1.97 bits per heavy atom. The van der Waals surface area contributed by atoms with Gasteiger partial charge in [0.15, 0.2) is 0 Å². The van der Waals surface area contributed by atoms with E-state index in [9.17, 15) is 13.2 Å². The lowest BCUT2D eigenvalue weighted by atomic mass is 9.94. The summed E-state index contributed by atoms with van der Waals surface area (Å²) in [4.78, 5) is 6.53. The zero-order chi connectivity index (χ0) is 20.0. The topological polar surface area (TPSA) is 30.3 Å². The third-order valence-electron chi connectivity index (χ3n) is 5.81. The molecule has 0 radical (unpaired) electrons. The smallest absolute Gasteiger partial charge is 0.406 e. The summed E-state index contributed by atoms with van der Waals surface area (Å²) in [6, 6.07) is 8.50. The first kappa shape index (κ1) is 18.2. The molecule has 7 heteroatoms. The van der Waals surface area contributed by atoms with Gasteiger partial charge in [-0.1, -0.05) is 6.07 Å². The minimum atomic E-state index is -4.70. The van der Waals surface area contributed by atoms with E-state index in [-0.39, 0.29) is 5.75 Å². The lowest BCUT2D eigenvalue weighted by Crippen LogP contribution is -2.29. The highest BCUT2D eigenvalue weighted by molar-refractivity contribution is 5.90. The van der Waals surface area contributed by atoms with Crippen molar-refractivity contribution in [2.24, 2.45) is 0 Å². The highest BCUT2D eigenvalue weighted by Gasteiger charge is 2.34. The number of benzene rings is 1. The van der Waals surface area contributed by atoms with Crippen molar-refractivity contribution in [2.75, 3.05) is 13.1 Å². The van der Waals surface area contributed by atoms with Gasteiger partial charge >= 0.3 is 6.36 Å². The Balaban J connectivity index is 1.67. The third-order valence-corrected chi connectivity index (χ3v) is 5.81. The molecule has 0 atom stereocenters. The summed E-state index contributed by atoms with van der Waals surface area (Å²) in [6.07, 6.45) is 4.94. The van der Waals surface area contributed by atoms with E-state index in [0.29, 0.717) is 5.92 Å². The van der Waals surface area contributed by atoms with Crippen LogP contribution in [0, 0.1) is 0 Å². The van der Waals surface area contributed by atoms with Crippen LogP contribution < -0.4 is 4.74 Å². The Labute approximate surface area is 166 Å². The van der Waals surface area contributed by atoms with Crippen LogP contribution in [0.15, 0.2) is 42.7 Å². The predicted molar refractivity (Wildman–Crippen MR) is 105 cm³/mol. The van der Waals surface area contributed by atoms with Crippen LogP contribution in [0.3, 0.4) is 0 Å². The largest absolute Gasteiger partial charge is 0.573 e. The van der Waals surface area contributed by atoms with E-state index in [2.05, 4.69) is 19.2 Å². The van der Waals surface area contributed by atoms with Crippen LogP contribution in [-0.4, -0.2) is 33.9 Å². The number of halogens is 3. The van der Waals surface area contributed by atoms with Crippen LogP contribution in [0.5, 0.6) is 5.75 Å². The fourth-order valence-electron chi connectivity index (χ4n) is 4.57. The summed E-state index contributed by atoms with van der Waals surface area (Å²) in [5.74, 6) is 0.231. The molecular weight excluding hydrogens is 379 g/mol. The molecule has 0 unspecified atom stereocenters. The zero-order valence-corrected chi connectivity index (χ0v) is 15.7. The molecule has 1 fully saturated rings. The second-order valence-electron chi connectivity index (χ2n) is 7.61. The average Bonchev–Trinajstić information content (AvgIpc) is 2.82. The monoisotopic (exact) mass is 399 g/mol. The first-order valence-corrected chi connectivity index (χ1v) is 9.71. The molecule has 150 valence electrons. The van der Waals surface area contributed by atoms with E-state index in [4.69, 9.17) is 0 Å². The van der Waals surface area contributed by atoms with Gasteiger partial charge in [-0.05, 0) is 67.4 Å². The van der Waals surface area contributed by atoms with Crippen LogP contribution in [0.1, 0.15) is 35.6 Å². The van der Waals surface area contributed by atoms with Crippen molar-refractivity contribution >= 4 is 23.2 Å². The summed E-state index contributed by atoms with van der Waals surface area (Å²) in [5.41, 5.74) is 4.20. The summed E-state index contributed by atoms with van der Waals surface area (Å²) in [6.45, 7) is 2.79. The number of aromatic nitrogens is 2. The molecule has 3 aliphatic rings. The lowest BCUT2D eigenvalue weighted by Gasteiger charge is -2.27. The van der Waals surface area contributed by atoms with Crippen molar-refractivity contribution < 1.29 is 17.9 Å². The molecule has 3 aromatic rings. The third kappa shape index (κ3) is 3.51. The Hall–Kier alpha value is -2.80. The number of hydrogen-bond donors (Lipinski definition) is 0. The SMILES string of the molecule is FC(F)(F)Oc1ccc2c(c1)c1c(n2C=Cc2cccnc2)C2CCN(CC2)C1. The Kier molecular flexibility index (Phi) is 4.35. The molecule has 6 rings (SSSR count). The van der Waals surface area contributed by atoms with E-state index < -0.39 is 6.36 Å². The molecule has 0 aliphatic carbocycles. The number of pyridine rings is 1. The van der Waals surface area contributed by atoms with Gasteiger partial charge in [-0.15, -0.1) is 13.2 Å². The molecule has 0 saturated carbocycles. The van der Waals surface area contributed by atoms with E-state index in [1.165, 1.54) is 17.8 Å². The minimum Gasteiger partial charge on any atom is -0.406 e. The maximum Gasteiger partial charge on any atom is 0.573 e. The number of piperidine rings is 1. The Morgan fingerprint density at radius 1 is 1.14 bits per heavy atom. The first-order valence-electron chi connectivity index (χ1n) is 9.71. The van der Waals surface area contributed by atoms with Crippen molar-refractivity contribution in [3.63, 3.8) is 0 Å². The molecule has 29 heavy (non-hydrogen) atoms. The average molecular weight is 399 g/mol. The van der Waals surface area contributed by atoms with Crippen molar-refractivity contribution in [1.82, 2.24) is 14.5 Å². The lowest BCUT2D eigenvalue weighted by molar-refractivity contribution is -0.274. The zero-order valence-electron chi connectivity index (χ0n) is 15.7. The second kappa shape index (κ2) is 6.91. The van der Waals surface area contributed by atoms with Crippen LogP contribution >= 0.6 is 0 Å². The summed E-state index contributed by atoms with van der Waals surface area (Å²) < 4.78 is 44.6. The predicted octanol–water partition coefficient (Wildman–Crippen LogP) is 5.26. The van der Waals surface area contributed by atoms with E-state index in [0.717, 1.165) is 54.5 Å². The fourth-order valence-corrected chi connectivity index (χ4v) is 4.57. The van der Waals surface area contributed by atoms with Crippen LogP contribution in [0.4, 0.5) is 13.2 Å². The highest BCUT2D eigenvalue weighted by atomic mass is 19.4. The molecule has 3 aliphatic heterocycles. The van der Waals surface area contributed by atoms with E-state index >= 15 is 0 Å². The molecule has 1 aromatic carbocycles. The molecular formula is C22H20F3N3O. The van der Waals surface area contributed by atoms with Gasteiger partial charge in [0.25, 0.3) is 0 Å². The number of rotatable bonds is 3. The van der Waals surface area contributed by atoms with Crippen LogP contribution in [0.2, 0.25) is 0 Å². The maximum absolute atomic E-state index is 12.7. The first-order chi connectivity index (χ1) is 14.0. The van der Waals surface area contributed by atoms with Gasteiger partial charge in [0.05, 0.1) is 5.52 Å². The number of nitrogens with zero attached hydrogens (tertiary/aromatic N) is 3. The fraction of sp³-hybridized carbons (Fsp3) is 0.318. The van der Waals surface area contributed by atoms with Crippen molar-refractivity contribution in [1.29, 1.82) is 0 Å².